The van der Waals surface area contributed by atoms with Crippen molar-refractivity contribution < 1.29 is 34.5 Å². The lowest BCUT2D eigenvalue weighted by Crippen LogP contribution is -2.81. The molecule has 188 valence electrons. The summed E-state index contributed by atoms with van der Waals surface area (Å²) in [6.45, 7) is 13.3. The van der Waals surface area contributed by atoms with Crippen LogP contribution in [0.5, 0.6) is 5.75 Å². The van der Waals surface area contributed by atoms with Crippen molar-refractivity contribution in [3.05, 3.63) is 40.5 Å². The van der Waals surface area contributed by atoms with Crippen molar-refractivity contribution >= 4 is 23.1 Å². The van der Waals surface area contributed by atoms with Crippen molar-refractivity contribution in [1.29, 1.82) is 0 Å². The Balaban J connectivity index is 2.15. The molecule has 0 aliphatic heterocycles. The number of phenolic OH excluding ortho intramolecular Hbond substituents is 1. The summed E-state index contributed by atoms with van der Waals surface area (Å²) >= 11 is 0. The maximum atomic E-state index is 14.3. The number of hydrogen-bond donors (Lipinski definition) is 3. The number of phenols is 1. The summed E-state index contributed by atoms with van der Waals surface area (Å²) in [7, 11) is 0. The molecular weight excluding hydrogens is 448 g/mol. The molecule has 1 saturated carbocycles. The Labute approximate surface area is 205 Å². The molecule has 0 saturated heterocycles. The highest BCUT2D eigenvalue weighted by Crippen LogP contribution is 2.68. The van der Waals surface area contributed by atoms with E-state index < -0.39 is 62.9 Å². The number of carbonyl (C=O) groups is 4. The molecule has 3 aliphatic carbocycles. The van der Waals surface area contributed by atoms with E-state index in [2.05, 4.69) is 0 Å². The van der Waals surface area contributed by atoms with Crippen LogP contribution in [0, 0.1) is 28.6 Å². The largest absolute Gasteiger partial charge is 0.507 e. The summed E-state index contributed by atoms with van der Waals surface area (Å²) in [5.41, 5.74) is -6.33. The fraction of sp³-hybridized carbons (Fsp3) is 0.571. The van der Waals surface area contributed by atoms with Gasteiger partial charge in [0.15, 0.2) is 23.0 Å². The van der Waals surface area contributed by atoms with Crippen LogP contribution in [0.15, 0.2) is 29.3 Å². The summed E-state index contributed by atoms with van der Waals surface area (Å²) in [5.74, 6) is -6.28. The van der Waals surface area contributed by atoms with E-state index >= 15 is 0 Å². The van der Waals surface area contributed by atoms with Gasteiger partial charge in [-0.05, 0) is 42.7 Å². The quantitative estimate of drug-likeness (QED) is 0.437. The zero-order valence-corrected chi connectivity index (χ0v) is 21.5. The van der Waals surface area contributed by atoms with Gasteiger partial charge in [-0.25, -0.2) is 0 Å². The third-order valence-electron chi connectivity index (χ3n) is 9.79. The third-order valence-corrected chi connectivity index (χ3v) is 9.79. The topological polar surface area (TPSA) is 129 Å². The molecule has 0 amide bonds. The van der Waals surface area contributed by atoms with E-state index in [9.17, 15) is 34.5 Å². The lowest BCUT2D eigenvalue weighted by Gasteiger charge is -2.67. The number of aromatic hydroxyl groups is 1. The molecule has 7 heteroatoms. The molecule has 0 radical (unpaired) electrons. The number of allylic oxidation sites excluding steroid dienone is 1. The molecule has 3 aliphatic rings. The molecule has 1 aromatic rings. The molecule has 1 aromatic carbocycles. The maximum absolute atomic E-state index is 14.3. The minimum Gasteiger partial charge on any atom is -0.507 e. The van der Waals surface area contributed by atoms with E-state index in [-0.39, 0.29) is 22.8 Å². The Bertz CT molecular complexity index is 1240. The molecule has 0 heterocycles. The Morgan fingerprint density at radius 2 is 1.60 bits per heavy atom. The molecule has 35 heavy (non-hydrogen) atoms. The van der Waals surface area contributed by atoms with Gasteiger partial charge >= 0.3 is 0 Å². The van der Waals surface area contributed by atoms with Gasteiger partial charge in [-0.3, -0.25) is 19.2 Å². The monoisotopic (exact) mass is 482 g/mol. The number of aliphatic hydroxyl groups excluding tert-OH is 1. The summed E-state index contributed by atoms with van der Waals surface area (Å²) in [5, 5.41) is 34.9. The number of hydrogen-bond acceptors (Lipinski definition) is 7. The van der Waals surface area contributed by atoms with E-state index in [4.69, 9.17) is 0 Å². The van der Waals surface area contributed by atoms with Gasteiger partial charge < -0.3 is 15.3 Å². The highest BCUT2D eigenvalue weighted by molar-refractivity contribution is 6.33. The van der Waals surface area contributed by atoms with Gasteiger partial charge in [-0.15, -0.1) is 0 Å². The van der Waals surface area contributed by atoms with E-state index in [1.54, 1.807) is 39.8 Å². The molecule has 7 nitrogen and oxygen atoms in total. The fourth-order valence-corrected chi connectivity index (χ4v) is 7.92. The smallest absolute Gasteiger partial charge is 0.206 e. The summed E-state index contributed by atoms with van der Waals surface area (Å²) in [6, 6.07) is 4.65. The number of benzene rings is 1. The van der Waals surface area contributed by atoms with Gasteiger partial charge in [0.25, 0.3) is 0 Å². The first-order valence-electron chi connectivity index (χ1n) is 12.0. The standard InChI is InChI=1S/C28H34O7/c1-12(2)19-13(3)17(14(4)29)22(32)28(35)23(33)20-21(31)18-15(10-9-11-16(18)30)25(5,6)26(20,7)24(34)27(19,28)8/h9-12,19-20,24,30,34-35H,1-8H3/t19-,20?,24+,26-,27-,28-/m1/s1. The second-order valence-electron chi connectivity index (χ2n) is 11.8. The minimum atomic E-state index is -2.79. The maximum Gasteiger partial charge on any atom is 0.206 e. The average molecular weight is 483 g/mol. The van der Waals surface area contributed by atoms with E-state index in [1.165, 1.54) is 19.9 Å². The molecule has 0 spiro atoms. The predicted octanol–water partition coefficient (Wildman–Crippen LogP) is 2.93. The number of aliphatic hydroxyl groups is 2. The van der Waals surface area contributed by atoms with Gasteiger partial charge in [0, 0.05) is 10.8 Å². The van der Waals surface area contributed by atoms with Crippen LogP contribution in [0.4, 0.5) is 0 Å². The van der Waals surface area contributed by atoms with Crippen molar-refractivity contribution in [2.45, 2.75) is 72.5 Å². The Morgan fingerprint density at radius 1 is 1.03 bits per heavy atom. The average Bonchev–Trinajstić information content (AvgIpc) is 2.74. The van der Waals surface area contributed by atoms with Crippen LogP contribution in [0.1, 0.15) is 71.3 Å². The second-order valence-corrected chi connectivity index (χ2v) is 11.8. The van der Waals surface area contributed by atoms with E-state index in [1.807, 2.05) is 13.8 Å². The molecule has 0 aromatic heterocycles. The molecule has 1 fully saturated rings. The number of Topliss-reactive ketones (excluding diaryl/α,β-unsaturated/α-hetero) is 4. The molecule has 6 atom stereocenters. The SMILES string of the molecule is CC(=O)C1=C(C)[C@@H](C(C)C)[C@]2(C)[C@@H](O)[C@@]3(C)C(C(=O)c4c(O)cccc4C3(C)C)C(=O)[C@]2(O)C1=O. The first-order valence-corrected chi connectivity index (χ1v) is 12.0. The van der Waals surface area contributed by atoms with Gasteiger partial charge in [-0.2, -0.15) is 0 Å². The summed E-state index contributed by atoms with van der Waals surface area (Å²) in [6.07, 6.45) is -1.49. The van der Waals surface area contributed by atoms with Gasteiger partial charge in [0.1, 0.15) is 5.75 Å². The fourth-order valence-electron chi connectivity index (χ4n) is 7.92. The van der Waals surface area contributed by atoms with Crippen molar-refractivity contribution in [1.82, 2.24) is 0 Å². The van der Waals surface area contributed by atoms with Crippen molar-refractivity contribution in [2.24, 2.45) is 28.6 Å². The van der Waals surface area contributed by atoms with Crippen LogP contribution < -0.4 is 0 Å². The molecule has 3 N–H and O–H groups in total. The Morgan fingerprint density at radius 3 is 2.11 bits per heavy atom. The first-order chi connectivity index (χ1) is 15.9. The lowest BCUT2D eigenvalue weighted by atomic mass is 9.35. The zero-order chi connectivity index (χ0) is 26.6. The summed E-state index contributed by atoms with van der Waals surface area (Å²) < 4.78 is 0. The molecule has 0 bridgehead atoms. The lowest BCUT2D eigenvalue weighted by molar-refractivity contribution is -0.238. The van der Waals surface area contributed by atoms with Crippen LogP contribution >= 0.6 is 0 Å². The minimum absolute atomic E-state index is 0.0464. The Hall–Kier alpha value is -2.64. The van der Waals surface area contributed by atoms with Crippen molar-refractivity contribution in [3.63, 3.8) is 0 Å². The van der Waals surface area contributed by atoms with Crippen molar-refractivity contribution in [2.75, 3.05) is 0 Å². The first kappa shape index (κ1) is 25.5. The van der Waals surface area contributed by atoms with Gasteiger partial charge in [-0.1, -0.05) is 59.2 Å². The van der Waals surface area contributed by atoms with Crippen LogP contribution in [0.25, 0.3) is 0 Å². The number of ketones is 4. The van der Waals surface area contributed by atoms with Crippen LogP contribution in [-0.4, -0.2) is 50.2 Å². The summed E-state index contributed by atoms with van der Waals surface area (Å²) in [4.78, 5) is 54.5. The molecule has 4 rings (SSSR count). The zero-order valence-electron chi connectivity index (χ0n) is 21.5. The normalized spacial score (nSPS) is 38.3. The van der Waals surface area contributed by atoms with Crippen molar-refractivity contribution in [3.8, 4) is 5.75 Å². The highest BCUT2D eigenvalue weighted by atomic mass is 16.3. The molecule has 1 unspecified atom stereocenters. The van der Waals surface area contributed by atoms with E-state index in [0.29, 0.717) is 11.1 Å². The number of rotatable bonds is 2. The second kappa shape index (κ2) is 7.20. The van der Waals surface area contributed by atoms with Gasteiger partial charge in [0.05, 0.1) is 23.2 Å². The van der Waals surface area contributed by atoms with Crippen LogP contribution in [0.3, 0.4) is 0 Å². The van der Waals surface area contributed by atoms with Gasteiger partial charge in [0.2, 0.25) is 5.78 Å². The highest BCUT2D eigenvalue weighted by Gasteiger charge is 2.80. The van der Waals surface area contributed by atoms with E-state index in [0.717, 1.165) is 0 Å². The van der Waals surface area contributed by atoms with Crippen LogP contribution in [-0.2, 0) is 19.8 Å². The third kappa shape index (κ3) is 2.53. The number of carbonyl (C=O) groups excluding carboxylic acids is 4. The molecular formula is C28H34O7. The predicted molar refractivity (Wildman–Crippen MR) is 128 cm³/mol. The number of fused-ring (bicyclic) bond motifs is 3. The van der Waals surface area contributed by atoms with Crippen LogP contribution in [0.2, 0.25) is 0 Å². The Kier molecular flexibility index (Phi) is 5.24.